The molecule has 1 fully saturated rings. The Morgan fingerprint density at radius 1 is 1.50 bits per heavy atom. The summed E-state index contributed by atoms with van der Waals surface area (Å²) < 4.78 is 16.2. The van der Waals surface area contributed by atoms with Gasteiger partial charge in [0.2, 0.25) is 0 Å². The molecule has 22 heavy (non-hydrogen) atoms. The Balaban J connectivity index is 1.83. The van der Waals surface area contributed by atoms with Gasteiger partial charge in [-0.25, -0.2) is 4.79 Å². The number of urea groups is 1. The monoisotopic (exact) mass is 308 g/mol. The lowest BCUT2D eigenvalue weighted by atomic mass is 10.2. The van der Waals surface area contributed by atoms with Crippen LogP contribution in [0.1, 0.15) is 12.8 Å². The number of nitrogens with one attached hydrogen (secondary N) is 1. The lowest BCUT2D eigenvalue weighted by Crippen LogP contribution is -2.33. The first kappa shape index (κ1) is 16.6. The zero-order valence-corrected chi connectivity index (χ0v) is 13.2. The number of anilines is 1. The standard InChI is InChI=1S/C16H24N2O4/c1-18(8-10-20-2)16(19)17-13-5-3-6-14(11-13)22-12-15-7-4-9-21-15/h3,5-6,11,15H,4,7-10,12H2,1-2H3,(H,17,19). The number of rotatable bonds is 7. The summed E-state index contributed by atoms with van der Waals surface area (Å²) in [6.07, 6.45) is 2.32. The van der Waals surface area contributed by atoms with E-state index >= 15 is 0 Å². The van der Waals surface area contributed by atoms with Crippen molar-refractivity contribution in [2.45, 2.75) is 18.9 Å². The van der Waals surface area contributed by atoms with Gasteiger partial charge in [-0.05, 0) is 25.0 Å². The molecule has 0 saturated carbocycles. The van der Waals surface area contributed by atoms with Crippen LogP contribution in [0.15, 0.2) is 24.3 Å². The summed E-state index contributed by atoms with van der Waals surface area (Å²) in [5.41, 5.74) is 0.708. The van der Waals surface area contributed by atoms with Crippen molar-refractivity contribution in [3.8, 4) is 5.75 Å². The maximum absolute atomic E-state index is 12.0. The van der Waals surface area contributed by atoms with E-state index in [2.05, 4.69) is 5.32 Å². The molecule has 1 aliphatic rings. The van der Waals surface area contributed by atoms with E-state index in [9.17, 15) is 4.79 Å². The van der Waals surface area contributed by atoms with E-state index in [-0.39, 0.29) is 12.1 Å². The molecule has 0 radical (unpaired) electrons. The number of benzene rings is 1. The van der Waals surface area contributed by atoms with E-state index in [1.54, 1.807) is 19.1 Å². The number of methoxy groups -OCH3 is 1. The van der Waals surface area contributed by atoms with Gasteiger partial charge in [-0.3, -0.25) is 0 Å². The van der Waals surface area contributed by atoms with Gasteiger partial charge in [0, 0.05) is 39.1 Å². The molecular weight excluding hydrogens is 284 g/mol. The van der Waals surface area contributed by atoms with Crippen LogP contribution < -0.4 is 10.1 Å². The van der Waals surface area contributed by atoms with E-state index in [0.717, 1.165) is 25.2 Å². The Kier molecular flexibility index (Phi) is 6.48. The summed E-state index contributed by atoms with van der Waals surface area (Å²) in [7, 11) is 3.34. The summed E-state index contributed by atoms with van der Waals surface area (Å²) in [4.78, 5) is 13.6. The molecule has 0 spiro atoms. The number of nitrogens with zero attached hydrogens (tertiary/aromatic N) is 1. The smallest absolute Gasteiger partial charge is 0.321 e. The first-order chi connectivity index (χ1) is 10.7. The fourth-order valence-corrected chi connectivity index (χ4v) is 2.18. The molecular formula is C16H24N2O4. The fourth-order valence-electron chi connectivity index (χ4n) is 2.18. The molecule has 2 rings (SSSR count). The zero-order chi connectivity index (χ0) is 15.8. The predicted octanol–water partition coefficient (Wildman–Crippen LogP) is 2.35. The van der Waals surface area contributed by atoms with Gasteiger partial charge in [0.1, 0.15) is 12.4 Å². The van der Waals surface area contributed by atoms with Gasteiger partial charge in [0.15, 0.2) is 0 Å². The highest BCUT2D eigenvalue weighted by Crippen LogP contribution is 2.19. The number of likely N-dealkylation sites (N-methyl/N-ethyl adjacent to an activating group) is 1. The number of carbonyl (C=O) groups is 1. The molecule has 0 aliphatic carbocycles. The van der Waals surface area contributed by atoms with E-state index in [1.165, 1.54) is 0 Å². The zero-order valence-electron chi connectivity index (χ0n) is 13.2. The van der Waals surface area contributed by atoms with Crippen molar-refractivity contribution in [1.29, 1.82) is 0 Å². The molecule has 2 amide bonds. The molecule has 1 aromatic carbocycles. The topological polar surface area (TPSA) is 60.0 Å². The normalized spacial score (nSPS) is 17.3. The van der Waals surface area contributed by atoms with Crippen molar-refractivity contribution in [3.63, 3.8) is 0 Å². The lowest BCUT2D eigenvalue weighted by Gasteiger charge is -2.18. The molecule has 0 bridgehead atoms. The lowest BCUT2D eigenvalue weighted by molar-refractivity contribution is 0.0680. The highest BCUT2D eigenvalue weighted by molar-refractivity contribution is 5.89. The van der Waals surface area contributed by atoms with Crippen LogP contribution in [-0.2, 0) is 9.47 Å². The Bertz CT molecular complexity index is 475. The molecule has 1 heterocycles. The second-order valence-electron chi connectivity index (χ2n) is 5.32. The largest absolute Gasteiger partial charge is 0.491 e. The summed E-state index contributed by atoms with van der Waals surface area (Å²) in [5, 5.41) is 2.84. The molecule has 0 aromatic heterocycles. The van der Waals surface area contributed by atoms with Crippen molar-refractivity contribution < 1.29 is 19.0 Å². The first-order valence-corrected chi connectivity index (χ1v) is 7.54. The third-order valence-corrected chi connectivity index (χ3v) is 3.52. The van der Waals surface area contributed by atoms with E-state index in [1.807, 2.05) is 24.3 Å². The summed E-state index contributed by atoms with van der Waals surface area (Å²) in [6.45, 7) is 2.41. The van der Waals surface area contributed by atoms with Gasteiger partial charge >= 0.3 is 6.03 Å². The molecule has 1 unspecified atom stereocenters. The molecule has 1 aliphatic heterocycles. The van der Waals surface area contributed by atoms with Crippen LogP contribution in [0.4, 0.5) is 10.5 Å². The van der Waals surface area contributed by atoms with Crippen molar-refractivity contribution in [2.75, 3.05) is 45.8 Å². The van der Waals surface area contributed by atoms with Crippen molar-refractivity contribution in [2.24, 2.45) is 0 Å². The minimum Gasteiger partial charge on any atom is -0.491 e. The molecule has 1 aromatic rings. The van der Waals surface area contributed by atoms with Crippen molar-refractivity contribution >= 4 is 11.7 Å². The number of amides is 2. The minimum atomic E-state index is -0.173. The van der Waals surface area contributed by atoms with E-state index in [0.29, 0.717) is 25.4 Å². The summed E-state index contributed by atoms with van der Waals surface area (Å²) in [6, 6.07) is 7.21. The third-order valence-electron chi connectivity index (χ3n) is 3.52. The van der Waals surface area contributed by atoms with Crippen LogP contribution in [0.5, 0.6) is 5.75 Å². The van der Waals surface area contributed by atoms with Gasteiger partial charge in [0.05, 0.1) is 12.7 Å². The van der Waals surface area contributed by atoms with Gasteiger partial charge in [0.25, 0.3) is 0 Å². The first-order valence-electron chi connectivity index (χ1n) is 7.54. The number of ether oxygens (including phenoxy) is 3. The molecule has 1 atom stereocenters. The number of hydrogen-bond donors (Lipinski definition) is 1. The van der Waals surface area contributed by atoms with Crippen LogP contribution in [0.2, 0.25) is 0 Å². The summed E-state index contributed by atoms with van der Waals surface area (Å²) in [5.74, 6) is 0.729. The van der Waals surface area contributed by atoms with Gasteiger partial charge in [-0.15, -0.1) is 0 Å². The average molecular weight is 308 g/mol. The van der Waals surface area contributed by atoms with Crippen molar-refractivity contribution in [1.82, 2.24) is 4.90 Å². The fraction of sp³-hybridized carbons (Fsp3) is 0.562. The summed E-state index contributed by atoms with van der Waals surface area (Å²) >= 11 is 0. The predicted molar refractivity (Wildman–Crippen MR) is 84.4 cm³/mol. The van der Waals surface area contributed by atoms with Gasteiger partial charge in [-0.1, -0.05) is 6.07 Å². The second kappa shape index (κ2) is 8.60. The Morgan fingerprint density at radius 3 is 3.09 bits per heavy atom. The highest BCUT2D eigenvalue weighted by atomic mass is 16.5. The maximum Gasteiger partial charge on any atom is 0.321 e. The molecule has 1 saturated heterocycles. The maximum atomic E-state index is 12.0. The Labute approximate surface area is 131 Å². The molecule has 6 heteroatoms. The molecule has 6 nitrogen and oxygen atoms in total. The number of hydrogen-bond acceptors (Lipinski definition) is 4. The molecule has 1 N–H and O–H groups in total. The van der Waals surface area contributed by atoms with Crippen LogP contribution in [-0.4, -0.2) is 57.6 Å². The van der Waals surface area contributed by atoms with Crippen LogP contribution in [0, 0.1) is 0 Å². The Morgan fingerprint density at radius 2 is 2.36 bits per heavy atom. The number of carbonyl (C=O) groups excluding carboxylic acids is 1. The molecule has 122 valence electrons. The van der Waals surface area contributed by atoms with Crippen molar-refractivity contribution in [3.05, 3.63) is 24.3 Å². The Hall–Kier alpha value is -1.79. The highest BCUT2D eigenvalue weighted by Gasteiger charge is 2.16. The van der Waals surface area contributed by atoms with Crippen LogP contribution in [0.25, 0.3) is 0 Å². The van der Waals surface area contributed by atoms with Crippen LogP contribution >= 0.6 is 0 Å². The van der Waals surface area contributed by atoms with Crippen LogP contribution in [0.3, 0.4) is 0 Å². The SMILES string of the molecule is COCCN(C)C(=O)Nc1cccc(OCC2CCCO2)c1. The van der Waals surface area contributed by atoms with E-state index in [4.69, 9.17) is 14.2 Å². The quantitative estimate of drug-likeness (QED) is 0.840. The minimum absolute atomic E-state index is 0.173. The average Bonchev–Trinajstić information content (AvgIpc) is 3.04. The van der Waals surface area contributed by atoms with Gasteiger partial charge < -0.3 is 24.4 Å². The van der Waals surface area contributed by atoms with Gasteiger partial charge in [-0.2, -0.15) is 0 Å². The van der Waals surface area contributed by atoms with E-state index < -0.39 is 0 Å². The second-order valence-corrected chi connectivity index (χ2v) is 5.32. The third kappa shape index (κ3) is 5.20.